The van der Waals surface area contributed by atoms with Crippen molar-refractivity contribution in [2.24, 2.45) is 0 Å². The molecule has 2 aliphatic heterocycles. The van der Waals surface area contributed by atoms with Gasteiger partial charge < -0.3 is 15.4 Å². The first kappa shape index (κ1) is 16.9. The van der Waals surface area contributed by atoms with Gasteiger partial charge >= 0.3 is 6.09 Å². The van der Waals surface area contributed by atoms with E-state index in [1.54, 1.807) is 0 Å². The van der Waals surface area contributed by atoms with Gasteiger partial charge in [0.15, 0.2) is 0 Å². The molecule has 6 nitrogen and oxygen atoms in total. The molecule has 1 unspecified atom stereocenters. The summed E-state index contributed by atoms with van der Waals surface area (Å²) in [6.07, 6.45) is 2.09. The molecule has 0 saturated carbocycles. The number of nitrogens with two attached hydrogens (primary N) is 1. The summed E-state index contributed by atoms with van der Waals surface area (Å²) in [5, 5.41) is 2.77. The lowest BCUT2D eigenvalue weighted by molar-refractivity contribution is 0.0636. The minimum absolute atomic E-state index is 0.480. The SMILES string of the molecule is CC(C)(C)OC(=O)Nc1cc(N2CCN3CCCC3C2)ccc1N. The van der Waals surface area contributed by atoms with Gasteiger partial charge in [-0.15, -0.1) is 0 Å². The van der Waals surface area contributed by atoms with Crippen molar-refractivity contribution in [2.45, 2.75) is 45.3 Å². The summed E-state index contributed by atoms with van der Waals surface area (Å²) in [5.74, 6) is 0. The Kier molecular flexibility index (Phi) is 4.58. The van der Waals surface area contributed by atoms with Gasteiger partial charge in [0.25, 0.3) is 0 Å². The topological polar surface area (TPSA) is 70.8 Å². The Bertz CT molecular complexity index is 612. The zero-order valence-corrected chi connectivity index (χ0v) is 14.8. The number of carbonyl (C=O) groups excluding carboxylic acids is 1. The Hall–Kier alpha value is -1.95. The van der Waals surface area contributed by atoms with Crippen LogP contribution in [-0.2, 0) is 4.74 Å². The largest absolute Gasteiger partial charge is 0.444 e. The van der Waals surface area contributed by atoms with Crippen molar-refractivity contribution in [1.82, 2.24) is 4.90 Å². The highest BCUT2D eigenvalue weighted by Gasteiger charge is 2.30. The maximum Gasteiger partial charge on any atom is 0.412 e. The first-order valence-corrected chi connectivity index (χ1v) is 8.70. The molecule has 1 atom stereocenters. The van der Waals surface area contributed by atoms with E-state index in [4.69, 9.17) is 10.5 Å². The summed E-state index contributed by atoms with van der Waals surface area (Å²) >= 11 is 0. The minimum atomic E-state index is -0.532. The smallest absolute Gasteiger partial charge is 0.412 e. The van der Waals surface area contributed by atoms with Crippen molar-refractivity contribution in [3.8, 4) is 0 Å². The van der Waals surface area contributed by atoms with Gasteiger partial charge in [-0.2, -0.15) is 0 Å². The van der Waals surface area contributed by atoms with E-state index in [1.165, 1.54) is 19.4 Å². The lowest BCUT2D eigenvalue weighted by Gasteiger charge is -2.39. The van der Waals surface area contributed by atoms with Gasteiger partial charge in [-0.25, -0.2) is 4.79 Å². The number of benzene rings is 1. The second-order valence-corrected chi connectivity index (χ2v) is 7.68. The second kappa shape index (κ2) is 6.51. The second-order valence-electron chi connectivity index (χ2n) is 7.68. The number of nitrogens with zero attached hydrogens (tertiary/aromatic N) is 2. The predicted molar refractivity (Wildman–Crippen MR) is 97.5 cm³/mol. The van der Waals surface area contributed by atoms with Crippen molar-refractivity contribution in [2.75, 3.05) is 42.1 Å². The van der Waals surface area contributed by atoms with E-state index in [-0.39, 0.29) is 0 Å². The molecule has 0 spiro atoms. The number of rotatable bonds is 2. The van der Waals surface area contributed by atoms with Gasteiger partial charge in [-0.1, -0.05) is 0 Å². The van der Waals surface area contributed by atoms with Crippen molar-refractivity contribution < 1.29 is 9.53 Å². The van der Waals surface area contributed by atoms with Crippen molar-refractivity contribution in [3.63, 3.8) is 0 Å². The number of piperazine rings is 1. The van der Waals surface area contributed by atoms with Crippen LogP contribution >= 0.6 is 0 Å². The number of anilines is 3. The maximum absolute atomic E-state index is 12.0. The molecule has 6 heteroatoms. The van der Waals surface area contributed by atoms with Crippen LogP contribution in [0.2, 0.25) is 0 Å². The molecule has 0 bridgehead atoms. The zero-order chi connectivity index (χ0) is 17.3. The third-order valence-electron chi connectivity index (χ3n) is 4.62. The lowest BCUT2D eigenvalue weighted by atomic mass is 10.1. The number of nitrogen functional groups attached to an aromatic ring is 1. The van der Waals surface area contributed by atoms with Crippen LogP contribution < -0.4 is 16.0 Å². The van der Waals surface area contributed by atoms with Gasteiger partial charge in [0.05, 0.1) is 11.4 Å². The number of nitrogens with one attached hydrogen (secondary N) is 1. The summed E-state index contributed by atoms with van der Waals surface area (Å²) in [5.41, 5.74) is 7.74. The molecular weight excluding hydrogens is 304 g/mol. The Labute approximate surface area is 143 Å². The molecule has 1 amide bonds. The van der Waals surface area contributed by atoms with Crippen LogP contribution in [0.15, 0.2) is 18.2 Å². The highest BCUT2D eigenvalue weighted by Crippen LogP contribution is 2.30. The molecule has 3 rings (SSSR count). The average molecular weight is 332 g/mol. The standard InChI is InChI=1S/C18H28N4O2/c1-18(2,3)24-17(23)20-16-11-13(6-7-15(16)19)22-10-9-21-8-4-5-14(21)12-22/h6-7,11,14H,4-5,8-10,12,19H2,1-3H3,(H,20,23). The number of ether oxygens (including phenoxy) is 1. The van der Waals surface area contributed by atoms with Crippen LogP contribution in [0.3, 0.4) is 0 Å². The highest BCUT2D eigenvalue weighted by atomic mass is 16.6. The number of hydrogen-bond acceptors (Lipinski definition) is 5. The molecule has 1 aromatic carbocycles. The minimum Gasteiger partial charge on any atom is -0.444 e. The number of carbonyl (C=O) groups is 1. The van der Waals surface area contributed by atoms with Gasteiger partial charge in [0.2, 0.25) is 0 Å². The van der Waals surface area contributed by atoms with Crippen LogP contribution in [0.4, 0.5) is 21.9 Å². The maximum atomic E-state index is 12.0. The fourth-order valence-corrected chi connectivity index (χ4v) is 3.49. The number of fused-ring (bicyclic) bond motifs is 1. The molecule has 132 valence electrons. The van der Waals surface area contributed by atoms with Crippen LogP contribution in [0.25, 0.3) is 0 Å². The summed E-state index contributed by atoms with van der Waals surface area (Å²) in [7, 11) is 0. The summed E-state index contributed by atoms with van der Waals surface area (Å²) in [4.78, 5) is 17.0. The van der Waals surface area contributed by atoms with E-state index in [2.05, 4.69) is 15.1 Å². The summed E-state index contributed by atoms with van der Waals surface area (Å²) in [6.45, 7) is 9.89. The predicted octanol–water partition coefficient (Wildman–Crippen LogP) is 2.90. The van der Waals surface area contributed by atoms with Crippen LogP contribution in [0.1, 0.15) is 33.6 Å². The number of hydrogen-bond donors (Lipinski definition) is 2. The Morgan fingerprint density at radius 2 is 2.08 bits per heavy atom. The third kappa shape index (κ3) is 3.93. The monoisotopic (exact) mass is 332 g/mol. The molecule has 0 aliphatic carbocycles. The quantitative estimate of drug-likeness (QED) is 0.815. The van der Waals surface area contributed by atoms with Gasteiger partial charge in [0, 0.05) is 31.4 Å². The molecular formula is C18H28N4O2. The molecule has 2 fully saturated rings. The van der Waals surface area contributed by atoms with E-state index < -0.39 is 11.7 Å². The van der Waals surface area contributed by atoms with E-state index in [9.17, 15) is 4.79 Å². The fraction of sp³-hybridized carbons (Fsp3) is 0.611. The van der Waals surface area contributed by atoms with Crippen LogP contribution in [0, 0.1) is 0 Å². The Morgan fingerprint density at radius 1 is 1.29 bits per heavy atom. The zero-order valence-electron chi connectivity index (χ0n) is 14.8. The average Bonchev–Trinajstić information content (AvgIpc) is 2.95. The Balaban J connectivity index is 1.70. The molecule has 0 aromatic heterocycles. The molecule has 2 heterocycles. The first-order valence-electron chi connectivity index (χ1n) is 8.70. The molecule has 2 aliphatic rings. The van der Waals surface area contributed by atoms with E-state index >= 15 is 0 Å². The van der Waals surface area contributed by atoms with Crippen molar-refractivity contribution in [3.05, 3.63) is 18.2 Å². The summed E-state index contributed by atoms with van der Waals surface area (Å²) in [6, 6.07) is 6.48. The van der Waals surface area contributed by atoms with Crippen molar-refractivity contribution in [1.29, 1.82) is 0 Å². The van der Waals surface area contributed by atoms with E-state index in [0.717, 1.165) is 25.3 Å². The van der Waals surface area contributed by atoms with Gasteiger partial charge in [-0.05, 0) is 58.4 Å². The first-order chi connectivity index (χ1) is 11.3. The van der Waals surface area contributed by atoms with Gasteiger partial charge in [0.1, 0.15) is 5.60 Å². The van der Waals surface area contributed by atoms with Crippen LogP contribution in [0.5, 0.6) is 0 Å². The van der Waals surface area contributed by atoms with Crippen molar-refractivity contribution >= 4 is 23.2 Å². The van der Waals surface area contributed by atoms with E-state index in [0.29, 0.717) is 17.4 Å². The van der Waals surface area contributed by atoms with E-state index in [1.807, 2.05) is 39.0 Å². The lowest BCUT2D eigenvalue weighted by Crippen LogP contribution is -2.50. The number of amides is 1. The molecule has 1 aromatic rings. The fourth-order valence-electron chi connectivity index (χ4n) is 3.49. The molecule has 24 heavy (non-hydrogen) atoms. The molecule has 0 radical (unpaired) electrons. The summed E-state index contributed by atoms with van der Waals surface area (Å²) < 4.78 is 5.31. The highest BCUT2D eigenvalue weighted by molar-refractivity contribution is 5.90. The normalized spacial score (nSPS) is 21.5. The molecule has 2 saturated heterocycles. The molecule has 3 N–H and O–H groups in total. The van der Waals surface area contributed by atoms with Gasteiger partial charge in [-0.3, -0.25) is 10.2 Å². The van der Waals surface area contributed by atoms with Crippen LogP contribution in [-0.4, -0.2) is 48.8 Å². The Morgan fingerprint density at radius 3 is 2.83 bits per heavy atom. The third-order valence-corrected chi connectivity index (χ3v) is 4.62.